The van der Waals surface area contributed by atoms with Crippen LogP contribution in [-0.2, 0) is 6.54 Å². The van der Waals surface area contributed by atoms with Gasteiger partial charge in [-0.1, -0.05) is 19.8 Å². The third kappa shape index (κ3) is 2.44. The summed E-state index contributed by atoms with van der Waals surface area (Å²) in [6.45, 7) is 5.18. The van der Waals surface area contributed by atoms with Crippen molar-refractivity contribution in [1.29, 1.82) is 0 Å². The smallest absolute Gasteiger partial charge is 0.127 e. The van der Waals surface area contributed by atoms with Crippen LogP contribution in [0.15, 0.2) is 18.2 Å². The summed E-state index contributed by atoms with van der Waals surface area (Å²) in [6.07, 6.45) is 3.87. The molecule has 0 spiro atoms. The molecule has 4 heteroatoms. The van der Waals surface area contributed by atoms with E-state index in [1.54, 1.807) is 0 Å². The predicted molar refractivity (Wildman–Crippen MR) is 80.5 cm³/mol. The van der Waals surface area contributed by atoms with Crippen LogP contribution in [0, 0.1) is 17.7 Å². The summed E-state index contributed by atoms with van der Waals surface area (Å²) in [4.78, 5) is 4.53. The van der Waals surface area contributed by atoms with E-state index in [9.17, 15) is 4.39 Å². The molecule has 0 saturated heterocycles. The Labute approximate surface area is 123 Å². The first-order chi connectivity index (χ1) is 9.56. The molecule has 1 saturated carbocycles. The van der Waals surface area contributed by atoms with Gasteiger partial charge in [-0.25, -0.2) is 9.37 Å². The number of hydrogen-bond donors (Lipinski definition) is 0. The van der Waals surface area contributed by atoms with Crippen LogP contribution in [0.5, 0.6) is 0 Å². The molecule has 0 amide bonds. The SMILES string of the molecule is CC(Cl)c1nc2cc(F)ccc2n1CC1CCCC1C. The van der Waals surface area contributed by atoms with Gasteiger partial charge in [-0.2, -0.15) is 0 Å². The van der Waals surface area contributed by atoms with E-state index in [0.29, 0.717) is 11.4 Å². The molecule has 0 aliphatic heterocycles. The van der Waals surface area contributed by atoms with Crippen LogP contribution in [-0.4, -0.2) is 9.55 Å². The largest absolute Gasteiger partial charge is 0.326 e. The van der Waals surface area contributed by atoms with E-state index in [2.05, 4.69) is 16.5 Å². The fourth-order valence-corrected chi connectivity index (χ4v) is 3.51. The third-order valence-electron chi connectivity index (χ3n) is 4.55. The third-order valence-corrected chi connectivity index (χ3v) is 4.75. The minimum Gasteiger partial charge on any atom is -0.326 e. The topological polar surface area (TPSA) is 17.8 Å². The summed E-state index contributed by atoms with van der Waals surface area (Å²) in [6, 6.07) is 4.81. The van der Waals surface area contributed by atoms with E-state index in [1.165, 1.54) is 31.4 Å². The van der Waals surface area contributed by atoms with Crippen molar-refractivity contribution < 1.29 is 4.39 Å². The van der Waals surface area contributed by atoms with Crippen molar-refractivity contribution >= 4 is 22.6 Å². The zero-order valence-corrected chi connectivity index (χ0v) is 12.7. The molecule has 0 radical (unpaired) electrons. The lowest BCUT2D eigenvalue weighted by atomic mass is 9.98. The van der Waals surface area contributed by atoms with Gasteiger partial charge in [0.25, 0.3) is 0 Å². The van der Waals surface area contributed by atoms with E-state index in [-0.39, 0.29) is 11.2 Å². The van der Waals surface area contributed by atoms with Crippen molar-refractivity contribution in [3.8, 4) is 0 Å². The zero-order chi connectivity index (χ0) is 14.3. The molecule has 2 nitrogen and oxygen atoms in total. The molecule has 1 aliphatic carbocycles. The molecule has 3 atom stereocenters. The minimum atomic E-state index is -0.245. The van der Waals surface area contributed by atoms with Gasteiger partial charge in [-0.15, -0.1) is 11.6 Å². The average molecular weight is 295 g/mol. The molecule has 3 unspecified atom stereocenters. The van der Waals surface area contributed by atoms with Crippen LogP contribution in [0.2, 0.25) is 0 Å². The highest BCUT2D eigenvalue weighted by Crippen LogP contribution is 2.35. The molecule has 1 fully saturated rings. The van der Waals surface area contributed by atoms with Crippen molar-refractivity contribution in [2.24, 2.45) is 11.8 Å². The van der Waals surface area contributed by atoms with Gasteiger partial charge in [0, 0.05) is 12.6 Å². The first kappa shape index (κ1) is 13.9. The Morgan fingerprint density at radius 2 is 2.25 bits per heavy atom. The fourth-order valence-electron chi connectivity index (χ4n) is 3.35. The number of halogens is 2. The number of alkyl halides is 1. The minimum absolute atomic E-state index is 0.165. The predicted octanol–water partition coefficient (Wildman–Crippen LogP) is 4.91. The van der Waals surface area contributed by atoms with E-state index >= 15 is 0 Å². The molecule has 3 rings (SSSR count). The lowest BCUT2D eigenvalue weighted by Gasteiger charge is -2.19. The molecule has 108 valence electrons. The molecule has 0 bridgehead atoms. The summed E-state index contributed by atoms with van der Waals surface area (Å²) < 4.78 is 15.6. The summed E-state index contributed by atoms with van der Waals surface area (Å²) in [5.41, 5.74) is 1.70. The number of benzene rings is 1. The summed E-state index contributed by atoms with van der Waals surface area (Å²) in [5, 5.41) is -0.165. The van der Waals surface area contributed by atoms with Crippen molar-refractivity contribution in [2.75, 3.05) is 0 Å². The number of rotatable bonds is 3. The first-order valence-corrected chi connectivity index (χ1v) is 7.79. The Bertz CT molecular complexity index is 620. The van der Waals surface area contributed by atoms with Crippen molar-refractivity contribution in [3.05, 3.63) is 29.8 Å². The number of imidazole rings is 1. The highest BCUT2D eigenvalue weighted by Gasteiger charge is 2.26. The molecule has 2 aromatic rings. The van der Waals surface area contributed by atoms with Gasteiger partial charge >= 0.3 is 0 Å². The fraction of sp³-hybridized carbons (Fsp3) is 0.562. The molecule has 1 aliphatic rings. The normalized spacial score (nSPS) is 24.4. The second-order valence-electron chi connectivity index (χ2n) is 6.00. The summed E-state index contributed by atoms with van der Waals surface area (Å²) in [5.74, 6) is 2.02. The average Bonchev–Trinajstić information content (AvgIpc) is 2.95. The monoisotopic (exact) mass is 294 g/mol. The maximum Gasteiger partial charge on any atom is 0.127 e. The number of nitrogens with zero attached hydrogens (tertiary/aromatic N) is 2. The van der Waals surface area contributed by atoms with Crippen molar-refractivity contribution in [2.45, 2.75) is 45.0 Å². The molecule has 1 aromatic heterocycles. The standard InChI is InChI=1S/C16H20ClFN2/c1-10-4-3-5-12(10)9-20-15-7-6-13(18)8-14(15)19-16(20)11(2)17/h6-8,10-12H,3-5,9H2,1-2H3. The van der Waals surface area contributed by atoms with Gasteiger partial charge in [0.1, 0.15) is 11.6 Å². The van der Waals surface area contributed by atoms with E-state index in [0.717, 1.165) is 23.8 Å². The van der Waals surface area contributed by atoms with Crippen LogP contribution in [0.3, 0.4) is 0 Å². The molecule has 1 heterocycles. The van der Waals surface area contributed by atoms with Crippen LogP contribution in [0.1, 0.15) is 44.3 Å². The molecule has 1 aromatic carbocycles. The Balaban J connectivity index is 2.04. The Morgan fingerprint density at radius 1 is 1.45 bits per heavy atom. The van der Waals surface area contributed by atoms with Gasteiger partial charge in [-0.3, -0.25) is 0 Å². The van der Waals surface area contributed by atoms with Crippen LogP contribution in [0.25, 0.3) is 11.0 Å². The number of hydrogen-bond acceptors (Lipinski definition) is 1. The first-order valence-electron chi connectivity index (χ1n) is 7.36. The van der Waals surface area contributed by atoms with E-state index in [4.69, 9.17) is 11.6 Å². The maximum absolute atomic E-state index is 13.4. The summed E-state index contributed by atoms with van der Waals surface area (Å²) >= 11 is 6.26. The second-order valence-corrected chi connectivity index (χ2v) is 6.65. The highest BCUT2D eigenvalue weighted by atomic mass is 35.5. The Kier molecular flexibility index (Phi) is 3.72. The van der Waals surface area contributed by atoms with Crippen molar-refractivity contribution in [1.82, 2.24) is 9.55 Å². The van der Waals surface area contributed by atoms with Gasteiger partial charge in [-0.05, 0) is 37.3 Å². The quantitative estimate of drug-likeness (QED) is 0.735. The van der Waals surface area contributed by atoms with Gasteiger partial charge in [0.15, 0.2) is 0 Å². The Hall–Kier alpha value is -1.09. The number of aromatic nitrogens is 2. The van der Waals surface area contributed by atoms with Crippen LogP contribution in [0.4, 0.5) is 4.39 Å². The summed E-state index contributed by atoms with van der Waals surface area (Å²) in [7, 11) is 0. The second kappa shape index (κ2) is 5.36. The lowest BCUT2D eigenvalue weighted by molar-refractivity contribution is 0.363. The number of fused-ring (bicyclic) bond motifs is 1. The van der Waals surface area contributed by atoms with Gasteiger partial charge in [0.05, 0.1) is 16.4 Å². The Morgan fingerprint density at radius 3 is 2.90 bits per heavy atom. The van der Waals surface area contributed by atoms with E-state index in [1.807, 2.05) is 13.0 Å². The van der Waals surface area contributed by atoms with Crippen LogP contribution < -0.4 is 0 Å². The molecule has 0 N–H and O–H groups in total. The van der Waals surface area contributed by atoms with E-state index < -0.39 is 0 Å². The molecular weight excluding hydrogens is 275 g/mol. The highest BCUT2D eigenvalue weighted by molar-refractivity contribution is 6.20. The van der Waals surface area contributed by atoms with Crippen molar-refractivity contribution in [3.63, 3.8) is 0 Å². The van der Waals surface area contributed by atoms with Crippen LogP contribution >= 0.6 is 11.6 Å². The molecule has 20 heavy (non-hydrogen) atoms. The maximum atomic E-state index is 13.4. The van der Waals surface area contributed by atoms with Gasteiger partial charge < -0.3 is 4.57 Å². The zero-order valence-electron chi connectivity index (χ0n) is 11.9. The molecular formula is C16H20ClFN2. The van der Waals surface area contributed by atoms with Gasteiger partial charge in [0.2, 0.25) is 0 Å². The lowest BCUT2D eigenvalue weighted by Crippen LogP contribution is -2.15.